The van der Waals surface area contributed by atoms with Crippen LogP contribution in [-0.2, 0) is 0 Å². The summed E-state index contributed by atoms with van der Waals surface area (Å²) in [6.45, 7) is 5.59. The average Bonchev–Trinajstić information content (AvgIpc) is 2.83. The van der Waals surface area contributed by atoms with Gasteiger partial charge in [0, 0.05) is 25.0 Å². The van der Waals surface area contributed by atoms with Crippen molar-refractivity contribution in [3.63, 3.8) is 0 Å². The Balaban J connectivity index is 1.65. The van der Waals surface area contributed by atoms with Crippen LogP contribution in [-0.4, -0.2) is 50.2 Å². The molecule has 100 valence electrons. The van der Waals surface area contributed by atoms with Gasteiger partial charge in [0.1, 0.15) is 5.82 Å². The Morgan fingerprint density at radius 1 is 1.26 bits per heavy atom. The van der Waals surface area contributed by atoms with Gasteiger partial charge in [-0.2, -0.15) is 0 Å². The van der Waals surface area contributed by atoms with Gasteiger partial charge >= 0.3 is 0 Å². The first-order chi connectivity index (χ1) is 9.31. The van der Waals surface area contributed by atoms with E-state index in [1.165, 1.54) is 25.9 Å². The maximum Gasteiger partial charge on any atom is 0.203 e. The van der Waals surface area contributed by atoms with Gasteiger partial charge in [-0.1, -0.05) is 0 Å². The second-order valence-corrected chi connectivity index (χ2v) is 5.61. The zero-order chi connectivity index (χ0) is 12.8. The van der Waals surface area contributed by atoms with E-state index in [-0.39, 0.29) is 0 Å². The summed E-state index contributed by atoms with van der Waals surface area (Å²) in [5, 5.41) is 11.9. The van der Waals surface area contributed by atoms with Crippen LogP contribution in [0.1, 0.15) is 18.7 Å². The number of aromatic nitrogens is 4. The van der Waals surface area contributed by atoms with Crippen molar-refractivity contribution >= 4 is 11.5 Å². The van der Waals surface area contributed by atoms with Crippen LogP contribution < -0.4 is 5.32 Å². The van der Waals surface area contributed by atoms with Crippen molar-refractivity contribution in [2.75, 3.05) is 25.0 Å². The molecule has 3 saturated heterocycles. The number of anilines is 1. The molecule has 2 aromatic heterocycles. The molecule has 0 aromatic carbocycles. The van der Waals surface area contributed by atoms with Crippen molar-refractivity contribution < 1.29 is 0 Å². The van der Waals surface area contributed by atoms with E-state index < -0.39 is 0 Å². The fourth-order valence-corrected chi connectivity index (χ4v) is 3.35. The van der Waals surface area contributed by atoms with Gasteiger partial charge in [0.05, 0.1) is 0 Å². The molecular formula is C13H18N6. The van der Waals surface area contributed by atoms with Crippen molar-refractivity contribution in [1.29, 1.82) is 0 Å². The van der Waals surface area contributed by atoms with Crippen molar-refractivity contribution in [3.8, 4) is 0 Å². The smallest absolute Gasteiger partial charge is 0.203 e. The first-order valence-electron chi connectivity index (χ1n) is 6.96. The van der Waals surface area contributed by atoms with E-state index >= 15 is 0 Å². The van der Waals surface area contributed by atoms with Crippen LogP contribution in [0.5, 0.6) is 0 Å². The van der Waals surface area contributed by atoms with Crippen molar-refractivity contribution in [3.05, 3.63) is 18.2 Å². The quantitative estimate of drug-likeness (QED) is 0.868. The zero-order valence-electron chi connectivity index (χ0n) is 11.1. The van der Waals surface area contributed by atoms with Crippen molar-refractivity contribution in [2.45, 2.75) is 25.8 Å². The van der Waals surface area contributed by atoms with Gasteiger partial charge in [-0.3, -0.25) is 4.40 Å². The minimum absolute atomic E-state index is 0.498. The molecule has 6 heteroatoms. The largest absolute Gasteiger partial charge is 0.363 e. The second-order valence-electron chi connectivity index (χ2n) is 5.61. The third kappa shape index (κ3) is 1.78. The lowest BCUT2D eigenvalue weighted by atomic mass is 9.84. The Labute approximate surface area is 111 Å². The predicted molar refractivity (Wildman–Crippen MR) is 72.1 cm³/mol. The van der Waals surface area contributed by atoms with E-state index in [4.69, 9.17) is 0 Å². The molecule has 0 amide bonds. The predicted octanol–water partition coefficient (Wildman–Crippen LogP) is 0.939. The van der Waals surface area contributed by atoms with Crippen LogP contribution in [0.3, 0.4) is 0 Å². The van der Waals surface area contributed by atoms with Crippen LogP contribution in [0.25, 0.3) is 5.65 Å². The van der Waals surface area contributed by atoms with Crippen LogP contribution in [0, 0.1) is 12.8 Å². The maximum atomic E-state index is 4.44. The SMILES string of the molecule is Cc1nnc2c(NC3CN4CCC3CC4)nccn12. The summed E-state index contributed by atoms with van der Waals surface area (Å²) in [6, 6.07) is 0.498. The van der Waals surface area contributed by atoms with E-state index in [1.54, 1.807) is 0 Å². The number of hydrogen-bond donors (Lipinski definition) is 1. The number of piperidine rings is 3. The van der Waals surface area contributed by atoms with Gasteiger partial charge < -0.3 is 10.2 Å². The number of nitrogens with one attached hydrogen (secondary N) is 1. The summed E-state index contributed by atoms with van der Waals surface area (Å²) in [7, 11) is 0. The Morgan fingerprint density at radius 2 is 2.11 bits per heavy atom. The van der Waals surface area contributed by atoms with E-state index in [0.717, 1.165) is 29.8 Å². The van der Waals surface area contributed by atoms with Gasteiger partial charge in [0.25, 0.3) is 0 Å². The lowest BCUT2D eigenvalue weighted by Gasteiger charge is -2.45. The van der Waals surface area contributed by atoms with E-state index in [0.29, 0.717) is 6.04 Å². The third-order valence-electron chi connectivity index (χ3n) is 4.48. The highest BCUT2D eigenvalue weighted by Gasteiger charge is 2.34. The highest BCUT2D eigenvalue weighted by Crippen LogP contribution is 2.29. The molecule has 6 nitrogen and oxygen atoms in total. The normalized spacial score (nSPS) is 29.8. The fourth-order valence-electron chi connectivity index (χ4n) is 3.35. The molecule has 3 fully saturated rings. The zero-order valence-corrected chi connectivity index (χ0v) is 11.1. The summed E-state index contributed by atoms with van der Waals surface area (Å²) in [4.78, 5) is 6.98. The average molecular weight is 258 g/mol. The van der Waals surface area contributed by atoms with Crippen LogP contribution in [0.4, 0.5) is 5.82 Å². The molecule has 1 unspecified atom stereocenters. The lowest BCUT2D eigenvalue weighted by molar-refractivity contribution is 0.0974. The third-order valence-corrected chi connectivity index (χ3v) is 4.48. The number of nitrogens with zero attached hydrogens (tertiary/aromatic N) is 5. The van der Waals surface area contributed by atoms with Gasteiger partial charge in [-0.25, -0.2) is 4.98 Å². The monoisotopic (exact) mass is 258 g/mol. The Bertz CT molecular complexity index is 598. The van der Waals surface area contributed by atoms with Crippen LogP contribution in [0.15, 0.2) is 12.4 Å². The van der Waals surface area contributed by atoms with Gasteiger partial charge in [0.2, 0.25) is 5.65 Å². The van der Waals surface area contributed by atoms with Crippen molar-refractivity contribution in [1.82, 2.24) is 24.5 Å². The van der Waals surface area contributed by atoms with Crippen LogP contribution in [0.2, 0.25) is 0 Å². The molecule has 5 rings (SSSR count). The Hall–Kier alpha value is -1.69. The highest BCUT2D eigenvalue weighted by molar-refractivity contribution is 5.62. The number of rotatable bonds is 2. The minimum Gasteiger partial charge on any atom is -0.363 e. The van der Waals surface area contributed by atoms with E-state index in [2.05, 4.69) is 25.4 Å². The molecule has 2 bridgehead atoms. The molecule has 0 saturated carbocycles. The molecule has 1 N–H and O–H groups in total. The second kappa shape index (κ2) is 4.16. The summed E-state index contributed by atoms with van der Waals surface area (Å²) in [5.41, 5.74) is 0.830. The standard InChI is InChI=1S/C13H18N6/c1-9-16-17-13-12(14-4-7-19(9)13)15-11-8-18-5-2-10(11)3-6-18/h4,7,10-11H,2-3,5-6,8H2,1H3,(H,14,15). The molecule has 0 aliphatic carbocycles. The fraction of sp³-hybridized carbons (Fsp3) is 0.615. The molecule has 1 atom stereocenters. The first-order valence-corrected chi connectivity index (χ1v) is 6.96. The number of hydrogen-bond acceptors (Lipinski definition) is 5. The number of fused-ring (bicyclic) bond motifs is 4. The first kappa shape index (κ1) is 11.2. The number of aryl methyl sites for hydroxylation is 1. The molecule has 2 aromatic rings. The molecule has 0 spiro atoms. The lowest BCUT2D eigenvalue weighted by Crippen LogP contribution is -2.53. The topological polar surface area (TPSA) is 58.4 Å². The summed E-state index contributed by atoms with van der Waals surface area (Å²) in [5.74, 6) is 2.53. The Morgan fingerprint density at radius 3 is 2.84 bits per heavy atom. The van der Waals surface area contributed by atoms with Gasteiger partial charge in [0.15, 0.2) is 5.82 Å². The molecule has 19 heavy (non-hydrogen) atoms. The van der Waals surface area contributed by atoms with E-state index in [9.17, 15) is 0 Å². The molecule has 3 aliphatic rings. The summed E-state index contributed by atoms with van der Waals surface area (Å²) < 4.78 is 1.98. The van der Waals surface area contributed by atoms with Crippen LogP contribution >= 0.6 is 0 Å². The molecule has 3 aliphatic heterocycles. The van der Waals surface area contributed by atoms with Gasteiger partial charge in [-0.05, 0) is 38.8 Å². The maximum absolute atomic E-state index is 4.44. The summed E-state index contributed by atoms with van der Waals surface area (Å²) >= 11 is 0. The van der Waals surface area contributed by atoms with E-state index in [1.807, 2.05) is 23.7 Å². The Kier molecular flexibility index (Phi) is 2.44. The van der Waals surface area contributed by atoms with Gasteiger partial charge in [-0.15, -0.1) is 10.2 Å². The molecule has 5 heterocycles. The van der Waals surface area contributed by atoms with Crippen molar-refractivity contribution in [2.24, 2.45) is 5.92 Å². The summed E-state index contributed by atoms with van der Waals surface area (Å²) in [6.07, 6.45) is 6.32. The highest BCUT2D eigenvalue weighted by atomic mass is 15.3. The molecule has 0 radical (unpaired) electrons. The minimum atomic E-state index is 0.498. The molecular weight excluding hydrogens is 240 g/mol.